The topological polar surface area (TPSA) is 76.1 Å². The zero-order valence-electron chi connectivity index (χ0n) is 17.0. The van der Waals surface area contributed by atoms with E-state index < -0.39 is 0 Å². The van der Waals surface area contributed by atoms with Crippen LogP contribution in [0.2, 0.25) is 10.0 Å². The molecular weight excluding hydrogens is 433 g/mol. The fourth-order valence-electron chi connectivity index (χ4n) is 3.77. The molecule has 158 valence electrons. The summed E-state index contributed by atoms with van der Waals surface area (Å²) in [5.74, 6) is 1.09. The summed E-state index contributed by atoms with van der Waals surface area (Å²) < 4.78 is 1.63. The molecule has 1 aliphatic heterocycles. The van der Waals surface area contributed by atoms with Gasteiger partial charge in [-0.2, -0.15) is 4.98 Å². The number of hydrogen-bond donors (Lipinski definition) is 1. The average Bonchev–Trinajstić information content (AvgIpc) is 3.11. The fraction of sp³-hybridized carbons (Fsp3) is 0.227. The van der Waals surface area contributed by atoms with Crippen LogP contribution in [0.5, 0.6) is 0 Å². The molecule has 5 rings (SSSR count). The molecule has 4 aromatic rings. The van der Waals surface area contributed by atoms with Crippen LogP contribution in [0.25, 0.3) is 28.0 Å². The molecule has 0 radical (unpaired) electrons. The molecule has 7 nitrogen and oxygen atoms in total. The van der Waals surface area contributed by atoms with Crippen molar-refractivity contribution in [1.82, 2.24) is 24.6 Å². The van der Waals surface area contributed by atoms with Gasteiger partial charge in [0.2, 0.25) is 5.95 Å². The van der Waals surface area contributed by atoms with Crippen molar-refractivity contribution in [3.63, 3.8) is 0 Å². The Morgan fingerprint density at radius 2 is 1.61 bits per heavy atom. The Bertz CT molecular complexity index is 1240. The molecule has 0 amide bonds. The normalized spacial score (nSPS) is 15.0. The van der Waals surface area contributed by atoms with Gasteiger partial charge in [-0.05, 0) is 31.3 Å². The van der Waals surface area contributed by atoms with Crippen molar-refractivity contribution in [2.24, 2.45) is 0 Å². The van der Waals surface area contributed by atoms with Crippen LogP contribution in [0.15, 0.2) is 48.5 Å². The number of fused-ring (bicyclic) bond motifs is 1. The van der Waals surface area contributed by atoms with Gasteiger partial charge in [0.05, 0.1) is 21.8 Å². The van der Waals surface area contributed by atoms with Gasteiger partial charge in [0.15, 0.2) is 5.65 Å². The second-order valence-electron chi connectivity index (χ2n) is 7.62. The van der Waals surface area contributed by atoms with Crippen LogP contribution in [0.3, 0.4) is 0 Å². The predicted molar refractivity (Wildman–Crippen MR) is 126 cm³/mol. The van der Waals surface area contributed by atoms with Gasteiger partial charge in [0.25, 0.3) is 0 Å². The summed E-state index contributed by atoms with van der Waals surface area (Å²) >= 11 is 12.5. The number of nitrogen functional groups attached to an aromatic ring is 1. The molecule has 1 fully saturated rings. The highest BCUT2D eigenvalue weighted by Crippen LogP contribution is 2.35. The van der Waals surface area contributed by atoms with Crippen LogP contribution in [0.1, 0.15) is 0 Å². The van der Waals surface area contributed by atoms with Gasteiger partial charge < -0.3 is 15.5 Å². The quantitative estimate of drug-likeness (QED) is 0.502. The van der Waals surface area contributed by atoms with Gasteiger partial charge in [-0.3, -0.25) is 0 Å². The number of nitrogens with zero attached hydrogens (tertiary/aromatic N) is 6. The third kappa shape index (κ3) is 3.69. The van der Waals surface area contributed by atoms with E-state index in [0.717, 1.165) is 37.4 Å². The Morgan fingerprint density at radius 1 is 0.903 bits per heavy atom. The van der Waals surface area contributed by atoms with E-state index in [2.05, 4.69) is 16.8 Å². The minimum Gasteiger partial charge on any atom is -0.383 e. The molecule has 3 heterocycles. The number of rotatable bonds is 3. The summed E-state index contributed by atoms with van der Waals surface area (Å²) in [6, 6.07) is 15.0. The number of para-hydroxylation sites is 1. The molecule has 0 spiro atoms. The number of nitrogens with two attached hydrogens (primary N) is 1. The highest BCUT2D eigenvalue weighted by Gasteiger charge is 2.23. The van der Waals surface area contributed by atoms with Crippen molar-refractivity contribution in [1.29, 1.82) is 0 Å². The zero-order valence-corrected chi connectivity index (χ0v) is 18.5. The maximum absolute atomic E-state index is 6.57. The van der Waals surface area contributed by atoms with E-state index in [1.165, 1.54) is 0 Å². The molecule has 9 heteroatoms. The van der Waals surface area contributed by atoms with Crippen LogP contribution >= 0.6 is 23.2 Å². The Balaban J connectivity index is 1.73. The first kappa shape index (κ1) is 20.1. The van der Waals surface area contributed by atoms with Gasteiger partial charge in [0, 0.05) is 36.8 Å². The number of aromatic nitrogens is 4. The average molecular weight is 454 g/mol. The predicted octanol–water partition coefficient (Wildman–Crippen LogP) is 4.12. The summed E-state index contributed by atoms with van der Waals surface area (Å²) in [7, 11) is 2.12. The lowest BCUT2D eigenvalue weighted by Gasteiger charge is -2.32. The SMILES string of the molecule is CN1CCN(c2nc(-c3ccc(Cl)cc3)c3c(N)n(-c4ccccc4Cl)nc3n2)CC1. The van der Waals surface area contributed by atoms with Crippen LogP contribution in [-0.2, 0) is 0 Å². The number of likely N-dealkylation sites (N-methyl/N-ethyl adjacent to an activating group) is 1. The van der Waals surface area contributed by atoms with Gasteiger partial charge in [-0.1, -0.05) is 47.5 Å². The van der Waals surface area contributed by atoms with E-state index in [9.17, 15) is 0 Å². The summed E-state index contributed by atoms with van der Waals surface area (Å²) in [5, 5.41) is 6.62. The highest BCUT2D eigenvalue weighted by molar-refractivity contribution is 6.32. The Kier molecular flexibility index (Phi) is 5.17. The molecular formula is C22H21Cl2N7. The molecule has 0 bridgehead atoms. The molecule has 0 unspecified atom stereocenters. The third-order valence-electron chi connectivity index (χ3n) is 5.54. The molecule has 2 aromatic heterocycles. The Labute approximate surface area is 190 Å². The Morgan fingerprint density at radius 3 is 2.32 bits per heavy atom. The lowest BCUT2D eigenvalue weighted by atomic mass is 10.1. The number of benzene rings is 2. The Hall–Kier alpha value is -2.87. The highest BCUT2D eigenvalue weighted by atomic mass is 35.5. The van der Waals surface area contributed by atoms with E-state index in [1.54, 1.807) is 4.68 Å². The lowest BCUT2D eigenvalue weighted by Crippen LogP contribution is -2.45. The van der Waals surface area contributed by atoms with Crippen LogP contribution in [0.4, 0.5) is 11.8 Å². The minimum absolute atomic E-state index is 0.443. The smallest absolute Gasteiger partial charge is 0.228 e. The van der Waals surface area contributed by atoms with Crippen molar-refractivity contribution in [2.45, 2.75) is 0 Å². The molecule has 1 saturated heterocycles. The number of piperazine rings is 1. The summed E-state index contributed by atoms with van der Waals surface area (Å²) in [5.41, 5.74) is 9.43. The van der Waals surface area contributed by atoms with E-state index in [1.807, 2.05) is 48.5 Å². The van der Waals surface area contributed by atoms with Crippen LogP contribution < -0.4 is 10.6 Å². The fourth-order valence-corrected chi connectivity index (χ4v) is 4.11. The molecule has 31 heavy (non-hydrogen) atoms. The van der Waals surface area contributed by atoms with Gasteiger partial charge in [0.1, 0.15) is 5.82 Å². The van der Waals surface area contributed by atoms with Gasteiger partial charge in [-0.25, -0.2) is 9.67 Å². The van der Waals surface area contributed by atoms with Crippen molar-refractivity contribution < 1.29 is 0 Å². The second-order valence-corrected chi connectivity index (χ2v) is 8.46. The summed E-state index contributed by atoms with van der Waals surface area (Å²) in [6.07, 6.45) is 0. The second kappa shape index (κ2) is 8.00. The van der Waals surface area contributed by atoms with E-state index in [4.69, 9.17) is 44.0 Å². The summed E-state index contributed by atoms with van der Waals surface area (Å²) in [4.78, 5) is 14.2. The van der Waals surface area contributed by atoms with Gasteiger partial charge in [-0.15, -0.1) is 5.10 Å². The molecule has 2 aromatic carbocycles. The monoisotopic (exact) mass is 453 g/mol. The molecule has 0 atom stereocenters. The van der Waals surface area contributed by atoms with E-state index in [-0.39, 0.29) is 0 Å². The van der Waals surface area contributed by atoms with Gasteiger partial charge >= 0.3 is 0 Å². The van der Waals surface area contributed by atoms with Crippen LogP contribution in [0, 0.1) is 0 Å². The summed E-state index contributed by atoms with van der Waals surface area (Å²) in [6.45, 7) is 3.60. The largest absolute Gasteiger partial charge is 0.383 e. The molecule has 0 saturated carbocycles. The first-order valence-electron chi connectivity index (χ1n) is 10.0. The third-order valence-corrected chi connectivity index (χ3v) is 6.11. The first-order chi connectivity index (χ1) is 15.0. The standard InChI is InChI=1S/C22H21Cl2N7/c1-29-10-12-30(13-11-29)22-26-19(14-6-8-15(23)9-7-14)18-20(25)31(28-21(18)27-22)17-5-3-2-4-16(17)24/h2-9H,10-13,25H2,1H3. The maximum Gasteiger partial charge on any atom is 0.228 e. The molecule has 1 aliphatic rings. The number of anilines is 2. The van der Waals surface area contributed by atoms with Crippen LogP contribution in [-0.4, -0.2) is 57.9 Å². The number of halogens is 2. The van der Waals surface area contributed by atoms with Crippen molar-refractivity contribution in [2.75, 3.05) is 43.9 Å². The van der Waals surface area contributed by atoms with Crippen molar-refractivity contribution >= 4 is 46.0 Å². The van der Waals surface area contributed by atoms with Crippen molar-refractivity contribution in [3.05, 3.63) is 58.6 Å². The lowest BCUT2D eigenvalue weighted by molar-refractivity contribution is 0.311. The maximum atomic E-state index is 6.57. The zero-order chi connectivity index (χ0) is 21.5. The molecule has 0 aliphatic carbocycles. The van der Waals surface area contributed by atoms with Crippen molar-refractivity contribution in [3.8, 4) is 16.9 Å². The minimum atomic E-state index is 0.443. The number of hydrogen-bond acceptors (Lipinski definition) is 6. The molecule has 2 N–H and O–H groups in total. The first-order valence-corrected chi connectivity index (χ1v) is 10.8. The van der Waals surface area contributed by atoms with E-state index in [0.29, 0.717) is 38.5 Å². The van der Waals surface area contributed by atoms with E-state index >= 15 is 0 Å².